The van der Waals surface area contributed by atoms with Crippen LogP contribution < -0.4 is 5.32 Å². The quantitative estimate of drug-likeness (QED) is 0.637. The van der Waals surface area contributed by atoms with Gasteiger partial charge in [0.15, 0.2) is 0 Å². The minimum atomic E-state index is -0.205. The predicted molar refractivity (Wildman–Crippen MR) is 87.1 cm³/mol. The van der Waals surface area contributed by atoms with Crippen LogP contribution in [-0.4, -0.2) is 11.4 Å². The fraction of sp³-hybridized carbons (Fsp3) is 0.333. The van der Waals surface area contributed by atoms with Gasteiger partial charge in [-0.3, -0.25) is 4.79 Å². The summed E-state index contributed by atoms with van der Waals surface area (Å²) in [5.74, 6) is 0. The number of hydrogen-bond donors (Lipinski definition) is 1. The van der Waals surface area contributed by atoms with Crippen molar-refractivity contribution in [1.29, 1.82) is 5.26 Å². The molecule has 0 aromatic heterocycles. The van der Waals surface area contributed by atoms with E-state index in [1.54, 1.807) is 13.2 Å². The van der Waals surface area contributed by atoms with Crippen molar-refractivity contribution < 1.29 is 4.79 Å². The highest BCUT2D eigenvalue weighted by Crippen LogP contribution is 2.21. The Labute approximate surface area is 132 Å². The summed E-state index contributed by atoms with van der Waals surface area (Å²) in [4.78, 5) is 11.7. The molecule has 3 nitrogen and oxygen atoms in total. The van der Waals surface area contributed by atoms with Gasteiger partial charge in [0.25, 0.3) is 0 Å². The summed E-state index contributed by atoms with van der Waals surface area (Å²) in [6.07, 6.45) is 2.55. The lowest BCUT2D eigenvalue weighted by Gasteiger charge is -2.20. The van der Waals surface area contributed by atoms with Gasteiger partial charge < -0.3 is 5.32 Å². The SMILES string of the molecule is CCC(N/C(C)=C(\C#N)C(=O)SC)c1ccc(Br)cc1. The van der Waals surface area contributed by atoms with Gasteiger partial charge in [0, 0.05) is 10.2 Å². The van der Waals surface area contributed by atoms with Crippen LogP contribution in [0.3, 0.4) is 0 Å². The van der Waals surface area contributed by atoms with Crippen molar-refractivity contribution in [1.82, 2.24) is 5.32 Å². The van der Waals surface area contributed by atoms with Crippen molar-refractivity contribution in [3.63, 3.8) is 0 Å². The molecule has 0 heterocycles. The van der Waals surface area contributed by atoms with E-state index in [1.807, 2.05) is 30.3 Å². The number of allylic oxidation sites excluding steroid dienone is 1. The van der Waals surface area contributed by atoms with E-state index >= 15 is 0 Å². The highest BCUT2D eigenvalue weighted by Gasteiger charge is 2.15. The standard InChI is InChI=1S/C15H17BrN2OS/c1-4-14(11-5-7-12(16)8-6-11)18-10(2)13(9-17)15(19)20-3/h5-8,14,18H,4H2,1-3H3/b13-10+. The Morgan fingerprint density at radius 3 is 2.50 bits per heavy atom. The molecule has 0 aliphatic rings. The molecule has 0 aliphatic heterocycles. The smallest absolute Gasteiger partial charge is 0.231 e. The average Bonchev–Trinajstić information content (AvgIpc) is 2.46. The summed E-state index contributed by atoms with van der Waals surface area (Å²) in [7, 11) is 0. The summed E-state index contributed by atoms with van der Waals surface area (Å²) in [6, 6.07) is 10.1. The first-order valence-corrected chi connectivity index (χ1v) is 8.26. The lowest BCUT2D eigenvalue weighted by molar-refractivity contribution is -0.107. The molecule has 0 radical (unpaired) electrons. The fourth-order valence-corrected chi connectivity index (χ4v) is 2.50. The van der Waals surface area contributed by atoms with Gasteiger partial charge in [-0.05, 0) is 37.3 Å². The van der Waals surface area contributed by atoms with Gasteiger partial charge in [-0.2, -0.15) is 5.26 Å². The maximum Gasteiger partial charge on any atom is 0.231 e. The molecule has 1 unspecified atom stereocenters. The molecule has 0 saturated heterocycles. The highest BCUT2D eigenvalue weighted by atomic mass is 79.9. The summed E-state index contributed by atoms with van der Waals surface area (Å²) in [5, 5.41) is 12.2. The van der Waals surface area contributed by atoms with Crippen LogP contribution >= 0.6 is 27.7 Å². The number of halogens is 1. The molecule has 1 aromatic carbocycles. The third kappa shape index (κ3) is 4.39. The molecular weight excluding hydrogens is 336 g/mol. The van der Waals surface area contributed by atoms with Crippen LogP contribution in [0.2, 0.25) is 0 Å². The molecule has 0 amide bonds. The molecule has 0 aliphatic carbocycles. The number of carbonyl (C=O) groups excluding carboxylic acids is 1. The van der Waals surface area contributed by atoms with Crippen LogP contribution in [0, 0.1) is 11.3 Å². The first-order chi connectivity index (χ1) is 9.53. The highest BCUT2D eigenvalue weighted by molar-refractivity contribution is 9.10. The lowest BCUT2D eigenvalue weighted by Crippen LogP contribution is -2.21. The molecule has 0 spiro atoms. The van der Waals surface area contributed by atoms with Crippen LogP contribution in [0.4, 0.5) is 0 Å². The second-order valence-electron chi connectivity index (χ2n) is 4.26. The van der Waals surface area contributed by atoms with E-state index < -0.39 is 0 Å². The van der Waals surface area contributed by atoms with Gasteiger partial charge in [-0.1, -0.05) is 46.7 Å². The average molecular weight is 353 g/mol. The summed E-state index contributed by atoms with van der Waals surface area (Å²) in [6.45, 7) is 3.84. The topological polar surface area (TPSA) is 52.9 Å². The number of nitriles is 1. The maximum atomic E-state index is 11.7. The number of benzene rings is 1. The molecule has 106 valence electrons. The zero-order chi connectivity index (χ0) is 15.1. The van der Waals surface area contributed by atoms with Gasteiger partial charge in [0.2, 0.25) is 5.12 Å². The number of carbonyl (C=O) groups is 1. The van der Waals surface area contributed by atoms with Crippen molar-refractivity contribution >= 4 is 32.8 Å². The second kappa shape index (κ2) is 8.13. The molecule has 1 N–H and O–H groups in total. The van der Waals surface area contributed by atoms with E-state index in [9.17, 15) is 4.79 Å². The maximum absolute atomic E-state index is 11.7. The third-order valence-corrected chi connectivity index (χ3v) is 4.05. The predicted octanol–water partition coefficient (Wildman–Crippen LogP) is 4.18. The molecule has 0 saturated carbocycles. The fourth-order valence-electron chi connectivity index (χ4n) is 1.83. The molecule has 5 heteroatoms. The van der Waals surface area contributed by atoms with Gasteiger partial charge in [-0.15, -0.1) is 0 Å². The molecule has 1 atom stereocenters. The Morgan fingerprint density at radius 1 is 1.45 bits per heavy atom. The van der Waals surface area contributed by atoms with Crippen LogP contribution in [0.25, 0.3) is 0 Å². The Balaban J connectivity index is 2.98. The first-order valence-electron chi connectivity index (χ1n) is 6.24. The third-order valence-electron chi connectivity index (χ3n) is 2.95. The molecule has 0 fully saturated rings. The van der Waals surface area contributed by atoms with Gasteiger partial charge in [0.1, 0.15) is 11.6 Å². The Morgan fingerprint density at radius 2 is 2.05 bits per heavy atom. The van der Waals surface area contributed by atoms with Crippen LogP contribution in [0.1, 0.15) is 31.9 Å². The van der Waals surface area contributed by atoms with E-state index in [0.717, 1.165) is 28.2 Å². The van der Waals surface area contributed by atoms with Crippen molar-refractivity contribution in [3.8, 4) is 6.07 Å². The van der Waals surface area contributed by atoms with E-state index in [0.29, 0.717) is 5.70 Å². The normalized spacial score (nSPS) is 13.2. The summed E-state index contributed by atoms with van der Waals surface area (Å²) < 4.78 is 1.03. The van der Waals surface area contributed by atoms with Gasteiger partial charge in [0.05, 0.1) is 6.04 Å². The minimum absolute atomic E-state index is 0.0844. The molecule has 1 rings (SSSR count). The number of thioether (sulfide) groups is 1. The van der Waals surface area contributed by atoms with Crippen LogP contribution in [0.5, 0.6) is 0 Å². The number of nitrogens with zero attached hydrogens (tertiary/aromatic N) is 1. The van der Waals surface area contributed by atoms with Gasteiger partial charge >= 0.3 is 0 Å². The molecule has 1 aromatic rings. The largest absolute Gasteiger partial charge is 0.381 e. The summed E-state index contributed by atoms with van der Waals surface area (Å²) in [5.41, 5.74) is 1.94. The Kier molecular flexibility index (Phi) is 6.83. The minimum Gasteiger partial charge on any atom is -0.381 e. The monoisotopic (exact) mass is 352 g/mol. The number of rotatable bonds is 5. The van der Waals surface area contributed by atoms with E-state index in [-0.39, 0.29) is 16.7 Å². The number of hydrogen-bond acceptors (Lipinski definition) is 4. The van der Waals surface area contributed by atoms with E-state index in [2.05, 4.69) is 28.2 Å². The van der Waals surface area contributed by atoms with Crippen molar-refractivity contribution in [2.45, 2.75) is 26.3 Å². The van der Waals surface area contributed by atoms with Gasteiger partial charge in [-0.25, -0.2) is 0 Å². The Hall–Kier alpha value is -1.25. The lowest BCUT2D eigenvalue weighted by atomic mass is 10.0. The summed E-state index contributed by atoms with van der Waals surface area (Å²) >= 11 is 4.46. The van der Waals surface area contributed by atoms with E-state index in [4.69, 9.17) is 5.26 Å². The zero-order valence-electron chi connectivity index (χ0n) is 11.7. The van der Waals surface area contributed by atoms with Crippen molar-refractivity contribution in [2.75, 3.05) is 6.26 Å². The van der Waals surface area contributed by atoms with Crippen molar-refractivity contribution in [2.24, 2.45) is 0 Å². The molecular formula is C15H17BrN2OS. The Bertz CT molecular complexity index is 546. The van der Waals surface area contributed by atoms with Crippen LogP contribution in [0.15, 0.2) is 40.0 Å². The molecule has 0 bridgehead atoms. The van der Waals surface area contributed by atoms with Crippen LogP contribution in [-0.2, 0) is 4.79 Å². The molecule has 20 heavy (non-hydrogen) atoms. The second-order valence-corrected chi connectivity index (χ2v) is 5.95. The number of nitrogens with one attached hydrogen (secondary N) is 1. The first kappa shape index (κ1) is 16.8. The van der Waals surface area contributed by atoms with Crippen molar-refractivity contribution in [3.05, 3.63) is 45.6 Å². The van der Waals surface area contributed by atoms with E-state index in [1.165, 1.54) is 0 Å². The zero-order valence-corrected chi connectivity index (χ0v) is 14.1.